The van der Waals surface area contributed by atoms with Gasteiger partial charge in [0.2, 0.25) is 0 Å². The minimum Gasteiger partial charge on any atom is -0.291 e. The van der Waals surface area contributed by atoms with Crippen LogP contribution in [-0.2, 0) is 4.76 Å². The summed E-state index contributed by atoms with van der Waals surface area (Å²) in [4.78, 5) is 0. The lowest BCUT2D eigenvalue weighted by Gasteiger charge is -2.04. The van der Waals surface area contributed by atoms with Crippen LogP contribution >= 0.6 is 0 Å². The van der Waals surface area contributed by atoms with Crippen molar-refractivity contribution in [2.45, 2.75) is 0 Å². The van der Waals surface area contributed by atoms with Crippen molar-refractivity contribution in [2.75, 3.05) is 14.1 Å². The van der Waals surface area contributed by atoms with Crippen LogP contribution in [0.15, 0.2) is 0 Å². The van der Waals surface area contributed by atoms with Crippen LogP contribution in [0.1, 0.15) is 0 Å². The Morgan fingerprint density at radius 3 is 1.86 bits per heavy atom. The Bertz CT molecular complexity index is 45.0. The summed E-state index contributed by atoms with van der Waals surface area (Å²) >= 11 is 0. The molecule has 0 fully saturated rings. The van der Waals surface area contributed by atoms with Crippen molar-refractivity contribution in [3.05, 3.63) is 0 Å². The van der Waals surface area contributed by atoms with Crippen LogP contribution in [0.4, 0.5) is 8.63 Å². The van der Waals surface area contributed by atoms with Gasteiger partial charge in [0.15, 0.2) is 0 Å². The maximum Gasteiger partial charge on any atom is 0.738 e. The van der Waals surface area contributed by atoms with Crippen LogP contribution in [0.25, 0.3) is 0 Å². The van der Waals surface area contributed by atoms with E-state index >= 15 is 0 Å². The zero-order valence-electron chi connectivity index (χ0n) is 4.19. The van der Waals surface area contributed by atoms with Crippen molar-refractivity contribution in [3.63, 3.8) is 0 Å². The Morgan fingerprint density at radius 2 is 1.86 bits per heavy atom. The zero-order valence-corrected chi connectivity index (χ0v) is 4.19. The quantitative estimate of drug-likeness (QED) is 0.376. The summed E-state index contributed by atoms with van der Waals surface area (Å²) in [5, 5.41) is 0.949. The number of hydroxylamine groups is 2. The first-order valence-corrected chi connectivity index (χ1v) is 1.75. The van der Waals surface area contributed by atoms with Crippen molar-refractivity contribution in [1.29, 1.82) is 0 Å². The molecule has 0 radical (unpaired) electrons. The second-order valence-electron chi connectivity index (χ2n) is 1.18. The largest absolute Gasteiger partial charge is 0.738 e. The lowest BCUT2D eigenvalue weighted by atomic mass is 10.4. The van der Waals surface area contributed by atoms with Gasteiger partial charge in [-0.1, -0.05) is 0 Å². The van der Waals surface area contributed by atoms with E-state index in [4.69, 9.17) is 0 Å². The zero-order chi connectivity index (χ0) is 5.86. The molecule has 0 bridgehead atoms. The molecule has 42 valence electrons. The SMILES string of the molecule is CN(C)OB(F)F. The Kier molecular flexibility index (Phi) is 2.86. The highest BCUT2D eigenvalue weighted by molar-refractivity contribution is 6.34. The van der Waals surface area contributed by atoms with Crippen LogP contribution in [0.3, 0.4) is 0 Å². The molecule has 0 unspecified atom stereocenters. The van der Waals surface area contributed by atoms with Crippen LogP contribution in [0, 0.1) is 0 Å². The first-order chi connectivity index (χ1) is 3.13. The second-order valence-corrected chi connectivity index (χ2v) is 1.18. The van der Waals surface area contributed by atoms with E-state index in [0.29, 0.717) is 0 Å². The molecule has 0 amide bonds. The summed E-state index contributed by atoms with van der Waals surface area (Å²) in [5.41, 5.74) is 0. The maximum absolute atomic E-state index is 11.0. The van der Waals surface area contributed by atoms with E-state index in [2.05, 4.69) is 4.76 Å². The van der Waals surface area contributed by atoms with Crippen LogP contribution in [0.5, 0.6) is 0 Å². The molecule has 0 rings (SSSR count). The molecule has 0 spiro atoms. The first kappa shape index (κ1) is 6.84. The summed E-state index contributed by atoms with van der Waals surface area (Å²) in [6, 6.07) is 0. The lowest BCUT2D eigenvalue weighted by Crippen LogP contribution is -2.19. The number of hydrogen-bond donors (Lipinski definition) is 0. The summed E-state index contributed by atoms with van der Waals surface area (Å²) in [7, 11) is 0.0909. The van der Waals surface area contributed by atoms with Gasteiger partial charge in [0, 0.05) is 14.1 Å². The number of halogens is 2. The fraction of sp³-hybridized carbons (Fsp3) is 1.00. The maximum atomic E-state index is 11.0. The molecule has 0 aliphatic carbocycles. The van der Waals surface area contributed by atoms with Crippen LogP contribution in [0.2, 0.25) is 0 Å². The summed E-state index contributed by atoms with van der Waals surface area (Å²) in [6.45, 7) is 0. The molecule has 0 atom stereocenters. The monoisotopic (exact) mass is 109 g/mol. The van der Waals surface area contributed by atoms with Gasteiger partial charge in [-0.2, -0.15) is 0 Å². The lowest BCUT2D eigenvalue weighted by molar-refractivity contribution is -0.0302. The molecule has 5 heteroatoms. The van der Waals surface area contributed by atoms with E-state index in [9.17, 15) is 8.63 Å². The predicted molar refractivity (Wildman–Crippen MR) is 22.7 cm³/mol. The van der Waals surface area contributed by atoms with E-state index in [1.807, 2.05) is 0 Å². The highest BCUT2D eigenvalue weighted by Crippen LogP contribution is 1.88. The van der Waals surface area contributed by atoms with Gasteiger partial charge in [0.25, 0.3) is 0 Å². The van der Waals surface area contributed by atoms with Gasteiger partial charge in [0.05, 0.1) is 0 Å². The van der Waals surface area contributed by atoms with Crippen molar-refractivity contribution in [1.82, 2.24) is 5.06 Å². The highest BCUT2D eigenvalue weighted by Gasteiger charge is 2.15. The topological polar surface area (TPSA) is 12.5 Å². The van der Waals surface area contributed by atoms with Crippen molar-refractivity contribution >= 4 is 7.47 Å². The van der Waals surface area contributed by atoms with Crippen molar-refractivity contribution < 1.29 is 13.4 Å². The minimum atomic E-state index is -2.70. The fourth-order valence-corrected chi connectivity index (χ4v) is 0.159. The van der Waals surface area contributed by atoms with E-state index < -0.39 is 7.47 Å². The predicted octanol–water partition coefficient (Wildman–Crippen LogP) is 0.403. The Balaban J connectivity index is 2.95. The molecule has 0 aromatic heterocycles. The van der Waals surface area contributed by atoms with Gasteiger partial charge in [-0.25, -0.2) is 5.06 Å². The Hall–Kier alpha value is -0.155. The molecule has 0 saturated carbocycles. The number of rotatable bonds is 2. The Morgan fingerprint density at radius 1 is 1.43 bits per heavy atom. The van der Waals surface area contributed by atoms with E-state index in [-0.39, 0.29) is 0 Å². The van der Waals surface area contributed by atoms with E-state index in [1.54, 1.807) is 0 Å². The van der Waals surface area contributed by atoms with Crippen molar-refractivity contribution in [2.24, 2.45) is 0 Å². The van der Waals surface area contributed by atoms with Gasteiger partial charge in [-0.15, -0.1) is 0 Å². The van der Waals surface area contributed by atoms with Gasteiger partial charge >= 0.3 is 7.47 Å². The number of hydrogen-bond acceptors (Lipinski definition) is 2. The molecule has 0 aromatic rings. The number of nitrogens with zero attached hydrogens (tertiary/aromatic N) is 1. The molecular weight excluding hydrogens is 103 g/mol. The van der Waals surface area contributed by atoms with Crippen LogP contribution in [-0.4, -0.2) is 26.6 Å². The fourth-order valence-electron chi connectivity index (χ4n) is 0.159. The smallest absolute Gasteiger partial charge is 0.291 e. The van der Waals surface area contributed by atoms with E-state index in [0.717, 1.165) is 5.06 Å². The standard InChI is InChI=1S/C2H6BF2NO/c1-6(2)7-3(4)5/h1-2H3. The molecule has 0 saturated heterocycles. The summed E-state index contributed by atoms with van der Waals surface area (Å²) in [5.74, 6) is 0. The molecular formula is C2H6BF2NO. The molecule has 0 aliphatic heterocycles. The van der Waals surface area contributed by atoms with Crippen molar-refractivity contribution in [3.8, 4) is 0 Å². The normalized spacial score (nSPS) is 9.86. The van der Waals surface area contributed by atoms with Gasteiger partial charge in [0.1, 0.15) is 0 Å². The third kappa shape index (κ3) is 5.84. The average molecular weight is 109 g/mol. The molecule has 0 aromatic carbocycles. The second kappa shape index (κ2) is 2.93. The third-order valence-electron chi connectivity index (χ3n) is 0.291. The average Bonchev–Trinajstić information content (AvgIpc) is 1.27. The minimum absolute atomic E-state index is 0.949. The molecule has 7 heavy (non-hydrogen) atoms. The van der Waals surface area contributed by atoms with Gasteiger partial charge in [-0.3, -0.25) is 13.4 Å². The third-order valence-corrected chi connectivity index (χ3v) is 0.291. The Labute approximate surface area is 41.2 Å². The van der Waals surface area contributed by atoms with Gasteiger partial charge < -0.3 is 0 Å². The molecule has 2 nitrogen and oxygen atoms in total. The molecule has 0 N–H and O–H groups in total. The van der Waals surface area contributed by atoms with E-state index in [1.165, 1.54) is 14.1 Å². The van der Waals surface area contributed by atoms with Crippen LogP contribution < -0.4 is 0 Å². The highest BCUT2D eigenvalue weighted by atomic mass is 19.2. The molecule has 0 heterocycles. The first-order valence-electron chi connectivity index (χ1n) is 1.75. The van der Waals surface area contributed by atoms with Gasteiger partial charge in [-0.05, 0) is 0 Å². The summed E-state index contributed by atoms with van der Waals surface area (Å²) in [6.07, 6.45) is 0. The summed E-state index contributed by atoms with van der Waals surface area (Å²) < 4.78 is 25.8. The molecule has 0 aliphatic rings.